The van der Waals surface area contributed by atoms with Crippen LogP contribution in [0.2, 0.25) is 0 Å². The number of benzene rings is 1. The molecule has 5 heteroatoms. The molecule has 0 N–H and O–H groups in total. The Bertz CT molecular complexity index is 599. The fourth-order valence-electron chi connectivity index (χ4n) is 2.63. The van der Waals surface area contributed by atoms with Crippen molar-refractivity contribution in [1.29, 1.82) is 0 Å². The van der Waals surface area contributed by atoms with E-state index in [-0.39, 0.29) is 10.3 Å². The van der Waals surface area contributed by atoms with Gasteiger partial charge < -0.3 is 4.79 Å². The molecule has 2 rings (SSSR count). The summed E-state index contributed by atoms with van der Waals surface area (Å²) in [5.74, 6) is 0. The van der Waals surface area contributed by atoms with Gasteiger partial charge in [0.15, 0.2) is 0 Å². The number of carbonyl (C=O) groups is 1. The summed E-state index contributed by atoms with van der Waals surface area (Å²) in [5.41, 5.74) is 1.07. The van der Waals surface area contributed by atoms with Crippen LogP contribution in [0.3, 0.4) is 0 Å². The molecule has 4 nitrogen and oxygen atoms in total. The van der Waals surface area contributed by atoms with E-state index in [0.29, 0.717) is 13.0 Å². The number of nitrogens with zero attached hydrogens (tertiary/aromatic N) is 1. The lowest BCUT2D eigenvalue weighted by atomic mass is 9.87. The Morgan fingerprint density at radius 3 is 2.29 bits per heavy atom. The molecule has 1 unspecified atom stereocenters. The minimum absolute atomic E-state index is 0.0151. The summed E-state index contributed by atoms with van der Waals surface area (Å²) in [6, 6.07) is 6.48. The fourth-order valence-corrected chi connectivity index (χ4v) is 4.26. The Kier molecular flexibility index (Phi) is 4.54. The SMILES string of the molecule is CC(C)(C)c1ccc(S(=O)(=O)N2CCCCC2C=O)cc1. The van der Waals surface area contributed by atoms with Crippen molar-refractivity contribution in [2.75, 3.05) is 6.54 Å². The first-order chi connectivity index (χ1) is 9.76. The van der Waals surface area contributed by atoms with Crippen LogP contribution in [0.15, 0.2) is 29.2 Å². The highest BCUT2D eigenvalue weighted by atomic mass is 32.2. The van der Waals surface area contributed by atoms with Crippen molar-refractivity contribution in [3.63, 3.8) is 0 Å². The van der Waals surface area contributed by atoms with Crippen molar-refractivity contribution in [2.45, 2.75) is 56.4 Å². The Morgan fingerprint density at radius 1 is 1.14 bits per heavy atom. The van der Waals surface area contributed by atoms with Gasteiger partial charge in [0, 0.05) is 6.54 Å². The van der Waals surface area contributed by atoms with Gasteiger partial charge in [0.05, 0.1) is 10.9 Å². The molecule has 0 spiro atoms. The second kappa shape index (κ2) is 5.89. The van der Waals surface area contributed by atoms with Crippen molar-refractivity contribution in [3.8, 4) is 0 Å². The first-order valence-corrected chi connectivity index (χ1v) is 8.78. The van der Waals surface area contributed by atoms with Crippen LogP contribution in [0.5, 0.6) is 0 Å². The lowest BCUT2D eigenvalue weighted by Gasteiger charge is -2.31. The monoisotopic (exact) mass is 309 g/mol. The van der Waals surface area contributed by atoms with E-state index in [1.807, 2.05) is 12.1 Å². The molecule has 21 heavy (non-hydrogen) atoms. The van der Waals surface area contributed by atoms with Gasteiger partial charge in [0.2, 0.25) is 10.0 Å². The zero-order valence-corrected chi connectivity index (χ0v) is 13.7. The molecule has 1 aliphatic rings. The van der Waals surface area contributed by atoms with Crippen molar-refractivity contribution in [2.24, 2.45) is 0 Å². The minimum atomic E-state index is -3.58. The summed E-state index contributed by atoms with van der Waals surface area (Å²) < 4.78 is 26.7. The second-order valence-corrected chi connectivity index (χ2v) is 8.48. The summed E-state index contributed by atoms with van der Waals surface area (Å²) in [5, 5.41) is 0. The smallest absolute Gasteiger partial charge is 0.243 e. The molecule has 1 aromatic rings. The third-order valence-corrected chi connectivity index (χ3v) is 5.92. The molecule has 0 aromatic heterocycles. The van der Waals surface area contributed by atoms with Crippen molar-refractivity contribution >= 4 is 16.3 Å². The number of sulfonamides is 1. The molecular formula is C16H23NO3S. The maximum absolute atomic E-state index is 12.7. The van der Waals surface area contributed by atoms with Gasteiger partial charge in [-0.3, -0.25) is 0 Å². The van der Waals surface area contributed by atoms with Crippen LogP contribution >= 0.6 is 0 Å². The first kappa shape index (κ1) is 16.2. The van der Waals surface area contributed by atoms with Gasteiger partial charge in [0.1, 0.15) is 6.29 Å². The summed E-state index contributed by atoms with van der Waals surface area (Å²) in [6.07, 6.45) is 3.07. The van der Waals surface area contributed by atoms with Gasteiger partial charge >= 0.3 is 0 Å². The van der Waals surface area contributed by atoms with Crippen LogP contribution in [0, 0.1) is 0 Å². The van der Waals surface area contributed by atoms with Gasteiger partial charge in [-0.15, -0.1) is 0 Å². The topological polar surface area (TPSA) is 54.5 Å². The molecule has 0 radical (unpaired) electrons. The molecule has 1 saturated heterocycles. The minimum Gasteiger partial charge on any atom is -0.302 e. The van der Waals surface area contributed by atoms with E-state index >= 15 is 0 Å². The van der Waals surface area contributed by atoms with Crippen LogP contribution in [-0.2, 0) is 20.2 Å². The normalized spacial score (nSPS) is 21.2. The Morgan fingerprint density at radius 2 is 1.76 bits per heavy atom. The predicted molar refractivity (Wildman–Crippen MR) is 82.7 cm³/mol. The van der Waals surface area contributed by atoms with Crippen LogP contribution in [-0.4, -0.2) is 31.6 Å². The zero-order chi connectivity index (χ0) is 15.7. The van der Waals surface area contributed by atoms with Gasteiger partial charge in [-0.2, -0.15) is 4.31 Å². The molecule has 0 aliphatic carbocycles. The Balaban J connectivity index is 2.33. The molecule has 1 atom stereocenters. The second-order valence-electron chi connectivity index (χ2n) is 6.59. The largest absolute Gasteiger partial charge is 0.302 e. The van der Waals surface area contributed by atoms with E-state index in [2.05, 4.69) is 20.8 Å². The molecule has 1 fully saturated rings. The number of aldehydes is 1. The van der Waals surface area contributed by atoms with Crippen LogP contribution in [0.25, 0.3) is 0 Å². The highest BCUT2D eigenvalue weighted by Crippen LogP contribution is 2.27. The molecule has 0 saturated carbocycles. The maximum atomic E-state index is 12.7. The van der Waals surface area contributed by atoms with E-state index in [1.54, 1.807) is 12.1 Å². The number of carbonyl (C=O) groups excluding carboxylic acids is 1. The predicted octanol–water partition coefficient (Wildman–Crippen LogP) is 2.73. The first-order valence-electron chi connectivity index (χ1n) is 7.34. The number of rotatable bonds is 3. The van der Waals surface area contributed by atoms with Gasteiger partial charge in [-0.1, -0.05) is 39.3 Å². The van der Waals surface area contributed by atoms with E-state index in [1.165, 1.54) is 4.31 Å². The molecule has 1 aromatic carbocycles. The number of hydrogen-bond donors (Lipinski definition) is 0. The van der Waals surface area contributed by atoms with Crippen LogP contribution < -0.4 is 0 Å². The van der Waals surface area contributed by atoms with E-state index in [0.717, 1.165) is 24.7 Å². The average molecular weight is 309 g/mol. The molecular weight excluding hydrogens is 286 g/mol. The van der Waals surface area contributed by atoms with E-state index in [4.69, 9.17) is 0 Å². The summed E-state index contributed by atoms with van der Waals surface area (Å²) >= 11 is 0. The van der Waals surface area contributed by atoms with Crippen molar-refractivity contribution in [1.82, 2.24) is 4.31 Å². The zero-order valence-electron chi connectivity index (χ0n) is 12.9. The Labute approximate surface area is 127 Å². The third-order valence-electron chi connectivity index (χ3n) is 3.98. The lowest BCUT2D eigenvalue weighted by molar-refractivity contribution is -0.111. The average Bonchev–Trinajstić information content (AvgIpc) is 2.46. The number of piperidine rings is 1. The molecule has 1 heterocycles. The van der Waals surface area contributed by atoms with E-state index in [9.17, 15) is 13.2 Å². The van der Waals surface area contributed by atoms with Gasteiger partial charge in [0.25, 0.3) is 0 Å². The number of hydrogen-bond acceptors (Lipinski definition) is 3. The van der Waals surface area contributed by atoms with Crippen LogP contribution in [0.1, 0.15) is 45.6 Å². The Hall–Kier alpha value is -1.20. The highest BCUT2D eigenvalue weighted by molar-refractivity contribution is 7.89. The molecule has 116 valence electrons. The van der Waals surface area contributed by atoms with E-state index < -0.39 is 16.1 Å². The molecule has 0 bridgehead atoms. The van der Waals surface area contributed by atoms with Crippen molar-refractivity contribution < 1.29 is 13.2 Å². The van der Waals surface area contributed by atoms with Gasteiger partial charge in [-0.25, -0.2) is 8.42 Å². The third kappa shape index (κ3) is 3.35. The quantitative estimate of drug-likeness (QED) is 0.807. The van der Waals surface area contributed by atoms with Crippen LogP contribution in [0.4, 0.5) is 0 Å². The molecule has 1 aliphatic heterocycles. The van der Waals surface area contributed by atoms with Crippen molar-refractivity contribution in [3.05, 3.63) is 29.8 Å². The lowest BCUT2D eigenvalue weighted by Crippen LogP contribution is -2.44. The molecule has 0 amide bonds. The summed E-state index contributed by atoms with van der Waals surface area (Å²) in [6.45, 7) is 6.68. The summed E-state index contributed by atoms with van der Waals surface area (Å²) in [7, 11) is -3.58. The highest BCUT2D eigenvalue weighted by Gasteiger charge is 2.33. The maximum Gasteiger partial charge on any atom is 0.243 e. The van der Waals surface area contributed by atoms with Gasteiger partial charge in [-0.05, 0) is 36.0 Å². The summed E-state index contributed by atoms with van der Waals surface area (Å²) in [4.78, 5) is 11.4. The fraction of sp³-hybridized carbons (Fsp3) is 0.562. The standard InChI is InChI=1S/C16H23NO3S/c1-16(2,3)13-7-9-15(10-8-13)21(19,20)17-11-5-4-6-14(17)12-18/h7-10,12,14H,4-6,11H2,1-3H3.